The number of piperidine rings is 1. The average Bonchev–Trinajstić information content (AvgIpc) is 3.09. The van der Waals surface area contributed by atoms with Crippen molar-refractivity contribution in [1.29, 1.82) is 0 Å². The lowest BCUT2D eigenvalue weighted by molar-refractivity contribution is 0.0241. The fourth-order valence-electron chi connectivity index (χ4n) is 4.07. The summed E-state index contributed by atoms with van der Waals surface area (Å²) < 4.78 is 5.63. The van der Waals surface area contributed by atoms with Crippen LogP contribution in [-0.4, -0.2) is 62.3 Å². The van der Waals surface area contributed by atoms with Crippen molar-refractivity contribution in [3.8, 4) is 0 Å². The highest BCUT2D eigenvalue weighted by atomic mass is 127. The molecule has 0 spiro atoms. The first kappa shape index (κ1) is 24.0. The van der Waals surface area contributed by atoms with Crippen LogP contribution in [0.4, 0.5) is 0 Å². The van der Waals surface area contributed by atoms with Gasteiger partial charge in [0.05, 0.1) is 12.6 Å². The average molecular weight is 480 g/mol. The molecule has 26 heavy (non-hydrogen) atoms. The summed E-state index contributed by atoms with van der Waals surface area (Å²) in [6, 6.07) is 1.39. The molecule has 0 aromatic rings. The molecule has 0 aromatic heterocycles. The van der Waals surface area contributed by atoms with Crippen LogP contribution in [0, 0.1) is 5.41 Å². The van der Waals surface area contributed by atoms with Crippen LogP contribution in [0.2, 0.25) is 0 Å². The van der Waals surface area contributed by atoms with E-state index in [9.17, 15) is 0 Å². The van der Waals surface area contributed by atoms with Gasteiger partial charge in [-0.1, -0.05) is 33.6 Å². The first-order valence-electron chi connectivity index (χ1n) is 10.3. The SMILES string of the molecule is CCNC(=NCC(OC)C(C)(C)C)NC1CCN(C2CCCC2)CC1.I. The molecule has 6 heteroatoms. The van der Waals surface area contributed by atoms with Gasteiger partial charge in [-0.25, -0.2) is 0 Å². The van der Waals surface area contributed by atoms with E-state index in [2.05, 4.69) is 43.2 Å². The highest BCUT2D eigenvalue weighted by molar-refractivity contribution is 14.0. The van der Waals surface area contributed by atoms with Gasteiger partial charge < -0.3 is 20.3 Å². The van der Waals surface area contributed by atoms with Crippen LogP contribution in [0.25, 0.3) is 0 Å². The molecule has 0 radical (unpaired) electrons. The number of hydrogen-bond acceptors (Lipinski definition) is 3. The molecule has 0 bridgehead atoms. The van der Waals surface area contributed by atoms with Crippen LogP contribution in [0.3, 0.4) is 0 Å². The standard InChI is InChI=1S/C20H40N4O.HI/c1-6-21-19(22-15-18(25-5)20(2,3)4)23-16-11-13-24(14-12-16)17-9-7-8-10-17;/h16-18H,6-15H2,1-5H3,(H2,21,22,23);1H. The largest absolute Gasteiger partial charge is 0.379 e. The van der Waals surface area contributed by atoms with Crippen molar-refractivity contribution in [3.63, 3.8) is 0 Å². The number of nitrogens with one attached hydrogen (secondary N) is 2. The Labute approximate surface area is 178 Å². The molecule has 5 nitrogen and oxygen atoms in total. The quantitative estimate of drug-likeness (QED) is 0.347. The monoisotopic (exact) mass is 480 g/mol. The number of aliphatic imine (C=N–C) groups is 1. The maximum Gasteiger partial charge on any atom is 0.191 e. The Balaban J connectivity index is 0.00000338. The number of halogens is 1. The van der Waals surface area contributed by atoms with Gasteiger partial charge in [0.15, 0.2) is 5.96 Å². The van der Waals surface area contributed by atoms with Crippen molar-refractivity contribution >= 4 is 29.9 Å². The van der Waals surface area contributed by atoms with Crippen LogP contribution < -0.4 is 10.6 Å². The molecule has 2 N–H and O–H groups in total. The number of methoxy groups -OCH3 is 1. The molecular weight excluding hydrogens is 439 g/mol. The first-order chi connectivity index (χ1) is 11.9. The lowest BCUT2D eigenvalue weighted by atomic mass is 9.89. The summed E-state index contributed by atoms with van der Waals surface area (Å²) in [5.74, 6) is 0.938. The Morgan fingerprint density at radius 1 is 1.15 bits per heavy atom. The van der Waals surface area contributed by atoms with Gasteiger partial charge in [0.25, 0.3) is 0 Å². The van der Waals surface area contributed by atoms with Crippen LogP contribution in [0.15, 0.2) is 4.99 Å². The molecule has 2 rings (SSSR count). The predicted molar refractivity (Wildman–Crippen MR) is 122 cm³/mol. The van der Waals surface area contributed by atoms with E-state index in [1.54, 1.807) is 7.11 Å². The number of rotatable bonds is 6. The Bertz CT molecular complexity index is 411. The van der Waals surface area contributed by atoms with E-state index in [4.69, 9.17) is 9.73 Å². The van der Waals surface area contributed by atoms with E-state index >= 15 is 0 Å². The van der Waals surface area contributed by atoms with E-state index in [-0.39, 0.29) is 35.5 Å². The van der Waals surface area contributed by atoms with Gasteiger partial charge >= 0.3 is 0 Å². The molecule has 1 unspecified atom stereocenters. The van der Waals surface area contributed by atoms with Gasteiger partial charge in [-0.3, -0.25) is 4.99 Å². The zero-order valence-electron chi connectivity index (χ0n) is 17.5. The predicted octanol–water partition coefficient (Wildman–Crippen LogP) is 3.63. The summed E-state index contributed by atoms with van der Waals surface area (Å²) in [4.78, 5) is 7.52. The zero-order valence-corrected chi connectivity index (χ0v) is 19.8. The molecule has 1 atom stereocenters. The van der Waals surface area contributed by atoms with E-state index in [1.807, 2.05) is 0 Å². The molecule has 1 heterocycles. The topological polar surface area (TPSA) is 48.9 Å². The molecule has 1 aliphatic heterocycles. The summed E-state index contributed by atoms with van der Waals surface area (Å²) in [6.45, 7) is 12.8. The maximum atomic E-state index is 5.63. The molecule has 1 aliphatic carbocycles. The maximum absolute atomic E-state index is 5.63. The van der Waals surface area contributed by atoms with E-state index in [0.717, 1.165) is 18.5 Å². The lowest BCUT2D eigenvalue weighted by Gasteiger charge is -2.36. The molecule has 154 valence electrons. The molecule has 0 aromatic carbocycles. The molecule has 0 amide bonds. The van der Waals surface area contributed by atoms with Gasteiger partial charge in [0, 0.05) is 38.8 Å². The highest BCUT2D eigenvalue weighted by Gasteiger charge is 2.28. The van der Waals surface area contributed by atoms with Crippen LogP contribution in [0.5, 0.6) is 0 Å². The third-order valence-corrected chi connectivity index (χ3v) is 5.72. The summed E-state index contributed by atoms with van der Waals surface area (Å²) >= 11 is 0. The minimum atomic E-state index is 0. The van der Waals surface area contributed by atoms with Crippen LogP contribution in [-0.2, 0) is 4.74 Å². The van der Waals surface area contributed by atoms with Gasteiger partial charge in [0.2, 0.25) is 0 Å². The minimum absolute atomic E-state index is 0. The number of nitrogens with zero attached hydrogens (tertiary/aromatic N) is 2. The molecule has 1 saturated heterocycles. The second kappa shape index (κ2) is 11.7. The Morgan fingerprint density at radius 3 is 2.27 bits per heavy atom. The first-order valence-corrected chi connectivity index (χ1v) is 10.3. The zero-order chi connectivity index (χ0) is 18.3. The van der Waals surface area contributed by atoms with E-state index in [0.29, 0.717) is 12.6 Å². The van der Waals surface area contributed by atoms with Crippen molar-refractivity contribution in [3.05, 3.63) is 0 Å². The van der Waals surface area contributed by atoms with Crippen molar-refractivity contribution in [2.45, 2.75) is 84.4 Å². The molecule has 1 saturated carbocycles. The third kappa shape index (κ3) is 7.50. The minimum Gasteiger partial charge on any atom is -0.379 e. The Hall–Kier alpha value is -0.0800. The van der Waals surface area contributed by atoms with Crippen LogP contribution in [0.1, 0.15) is 66.2 Å². The molecule has 2 fully saturated rings. The fraction of sp³-hybridized carbons (Fsp3) is 0.950. The highest BCUT2D eigenvalue weighted by Crippen LogP contribution is 2.26. The summed E-state index contributed by atoms with van der Waals surface area (Å²) in [5, 5.41) is 7.05. The summed E-state index contributed by atoms with van der Waals surface area (Å²) in [6.07, 6.45) is 8.23. The summed E-state index contributed by atoms with van der Waals surface area (Å²) in [7, 11) is 1.78. The second-order valence-corrected chi connectivity index (χ2v) is 8.70. The van der Waals surface area contributed by atoms with Gasteiger partial charge in [-0.15, -0.1) is 24.0 Å². The number of ether oxygens (including phenoxy) is 1. The van der Waals surface area contributed by atoms with Crippen molar-refractivity contribution in [2.75, 3.05) is 33.3 Å². The number of hydrogen-bond donors (Lipinski definition) is 2. The molecule has 2 aliphatic rings. The fourth-order valence-corrected chi connectivity index (χ4v) is 4.07. The normalized spacial score (nSPS) is 22.1. The molecular formula is C20H41IN4O. The van der Waals surface area contributed by atoms with Crippen molar-refractivity contribution in [1.82, 2.24) is 15.5 Å². The van der Waals surface area contributed by atoms with E-state index < -0.39 is 0 Å². The lowest BCUT2D eigenvalue weighted by Crippen LogP contribution is -2.50. The summed E-state index contributed by atoms with van der Waals surface area (Å²) in [5.41, 5.74) is 0.0994. The van der Waals surface area contributed by atoms with Gasteiger partial charge in [-0.2, -0.15) is 0 Å². The Morgan fingerprint density at radius 2 is 1.77 bits per heavy atom. The third-order valence-electron chi connectivity index (χ3n) is 5.72. The second-order valence-electron chi connectivity index (χ2n) is 8.70. The van der Waals surface area contributed by atoms with Crippen molar-refractivity contribution < 1.29 is 4.74 Å². The van der Waals surface area contributed by atoms with Crippen LogP contribution >= 0.6 is 24.0 Å². The van der Waals surface area contributed by atoms with Gasteiger partial charge in [0.1, 0.15) is 0 Å². The van der Waals surface area contributed by atoms with E-state index in [1.165, 1.54) is 51.6 Å². The van der Waals surface area contributed by atoms with Crippen molar-refractivity contribution in [2.24, 2.45) is 10.4 Å². The number of guanidine groups is 1. The smallest absolute Gasteiger partial charge is 0.191 e. The number of likely N-dealkylation sites (tertiary alicyclic amines) is 1. The van der Waals surface area contributed by atoms with Gasteiger partial charge in [-0.05, 0) is 38.0 Å². The Kier molecular flexibility index (Phi) is 10.8.